The molecule has 1 aromatic heterocycles. The Bertz CT molecular complexity index is 1680. The molecule has 2 amide bonds. The number of fused-ring (bicyclic) bond motifs is 1. The number of nitrogens with one attached hydrogen (secondary N) is 3. The molecule has 4 aromatic carbocycles. The zero-order valence-electron chi connectivity index (χ0n) is 22.0. The summed E-state index contributed by atoms with van der Waals surface area (Å²) in [5.74, 6) is 0.456. The van der Waals surface area contributed by atoms with Crippen LogP contribution < -0.4 is 31.2 Å². The molecule has 0 atom stereocenters. The molecule has 0 saturated carbocycles. The molecule has 9 heteroatoms. The maximum absolute atomic E-state index is 13.5. The van der Waals surface area contributed by atoms with E-state index in [1.54, 1.807) is 31.4 Å². The molecule has 0 spiro atoms. The predicted octanol–water partition coefficient (Wildman–Crippen LogP) is 7.14. The minimum Gasteiger partial charge on any atom is -0.497 e. The van der Waals surface area contributed by atoms with Crippen LogP contribution in [0.1, 0.15) is 27.0 Å². The first-order valence-corrected chi connectivity index (χ1v) is 13.4. The smallest absolute Gasteiger partial charge is 0.267 e. The topological polar surface area (TPSA) is 115 Å². The lowest BCUT2D eigenvalue weighted by Crippen LogP contribution is -2.16. The van der Waals surface area contributed by atoms with Crippen molar-refractivity contribution in [3.05, 3.63) is 101 Å². The monoisotopic (exact) mass is 552 g/mol. The molecule has 0 bridgehead atoms. The second kappa shape index (κ2) is 11.8. The number of carbonyl (C=O) groups is 2. The van der Waals surface area contributed by atoms with E-state index in [4.69, 9.17) is 15.2 Å². The van der Waals surface area contributed by atoms with Gasteiger partial charge >= 0.3 is 0 Å². The van der Waals surface area contributed by atoms with E-state index in [0.717, 1.165) is 27.9 Å². The van der Waals surface area contributed by atoms with Crippen LogP contribution in [0.4, 0.5) is 27.8 Å². The summed E-state index contributed by atoms with van der Waals surface area (Å²) in [5, 5.41) is 11.4. The molecule has 202 valence electrons. The van der Waals surface area contributed by atoms with E-state index >= 15 is 0 Å². The quantitative estimate of drug-likeness (QED) is 0.155. The van der Waals surface area contributed by atoms with Crippen LogP contribution in [0.3, 0.4) is 0 Å². The summed E-state index contributed by atoms with van der Waals surface area (Å²) in [6, 6.07) is 27.8. The Hall–Kier alpha value is -5.02. The van der Waals surface area contributed by atoms with Gasteiger partial charge in [0.2, 0.25) is 0 Å². The van der Waals surface area contributed by atoms with Crippen LogP contribution in [-0.4, -0.2) is 25.5 Å². The lowest BCUT2D eigenvalue weighted by molar-refractivity contribution is 0.102. The van der Waals surface area contributed by atoms with Crippen LogP contribution >= 0.6 is 11.3 Å². The number of hydrogen-bond donors (Lipinski definition) is 4. The molecule has 5 aromatic rings. The number of benzene rings is 4. The number of amides is 2. The fourth-order valence-corrected chi connectivity index (χ4v) is 5.30. The zero-order chi connectivity index (χ0) is 28.1. The van der Waals surface area contributed by atoms with Crippen molar-refractivity contribution in [1.82, 2.24) is 0 Å². The van der Waals surface area contributed by atoms with Crippen molar-refractivity contribution in [2.45, 2.75) is 6.92 Å². The van der Waals surface area contributed by atoms with E-state index in [1.165, 1.54) is 0 Å². The van der Waals surface area contributed by atoms with Crippen LogP contribution in [0, 0.1) is 0 Å². The highest BCUT2D eigenvalue weighted by Gasteiger charge is 2.26. The zero-order valence-corrected chi connectivity index (χ0v) is 22.8. The molecular weight excluding hydrogens is 524 g/mol. The van der Waals surface area contributed by atoms with E-state index in [0.29, 0.717) is 34.4 Å². The van der Waals surface area contributed by atoms with Crippen molar-refractivity contribution in [2.24, 2.45) is 0 Å². The van der Waals surface area contributed by atoms with Crippen molar-refractivity contribution in [1.29, 1.82) is 0 Å². The summed E-state index contributed by atoms with van der Waals surface area (Å²) in [6.45, 7) is 2.47. The first-order valence-electron chi connectivity index (χ1n) is 12.6. The van der Waals surface area contributed by atoms with Crippen LogP contribution in [0.2, 0.25) is 0 Å². The standard InChI is InChI=1S/C31H28N4O4S/c1-3-39-22-16-14-20(15-17-22)34-31-26(29(36)33-21-10-7-11-23(18-21)38-2)27(32)28(40-31)30(37)35-25-13-6-9-19-8-4-5-12-24(19)25/h4-18,34H,3,32H2,1-2H3,(H,33,36)(H,35,37). The summed E-state index contributed by atoms with van der Waals surface area (Å²) >= 11 is 1.11. The highest BCUT2D eigenvalue weighted by Crippen LogP contribution is 2.39. The van der Waals surface area contributed by atoms with Crippen LogP contribution in [0.25, 0.3) is 10.8 Å². The minimum absolute atomic E-state index is 0.0802. The summed E-state index contributed by atoms with van der Waals surface area (Å²) in [6.07, 6.45) is 0. The van der Waals surface area contributed by atoms with Gasteiger partial charge in [0.25, 0.3) is 11.8 Å². The van der Waals surface area contributed by atoms with Gasteiger partial charge < -0.3 is 31.2 Å². The number of nitrogens with two attached hydrogens (primary N) is 1. The first-order chi connectivity index (χ1) is 19.5. The number of ether oxygens (including phenoxy) is 2. The van der Waals surface area contributed by atoms with Gasteiger partial charge in [-0.25, -0.2) is 0 Å². The number of thiophene rings is 1. The lowest BCUT2D eigenvalue weighted by atomic mass is 10.1. The Morgan fingerprint density at radius 1 is 0.825 bits per heavy atom. The SMILES string of the molecule is CCOc1ccc(Nc2sc(C(=O)Nc3cccc4ccccc34)c(N)c2C(=O)Nc2cccc(OC)c2)cc1. The van der Waals surface area contributed by atoms with Gasteiger partial charge in [-0.2, -0.15) is 0 Å². The van der Waals surface area contributed by atoms with Crippen molar-refractivity contribution < 1.29 is 19.1 Å². The molecule has 0 saturated heterocycles. The largest absolute Gasteiger partial charge is 0.497 e. The van der Waals surface area contributed by atoms with E-state index in [1.807, 2.05) is 73.7 Å². The van der Waals surface area contributed by atoms with Crippen LogP contribution in [0.5, 0.6) is 11.5 Å². The van der Waals surface area contributed by atoms with E-state index < -0.39 is 11.8 Å². The van der Waals surface area contributed by atoms with Gasteiger partial charge in [-0.15, -0.1) is 11.3 Å². The number of carbonyl (C=O) groups excluding carboxylic acids is 2. The molecule has 40 heavy (non-hydrogen) atoms. The van der Waals surface area contributed by atoms with Gasteiger partial charge in [0, 0.05) is 28.5 Å². The third-order valence-electron chi connectivity index (χ3n) is 6.17. The molecule has 5 N–H and O–H groups in total. The van der Waals surface area contributed by atoms with E-state index in [-0.39, 0.29) is 16.1 Å². The van der Waals surface area contributed by atoms with E-state index in [2.05, 4.69) is 16.0 Å². The van der Waals surface area contributed by atoms with Crippen molar-refractivity contribution in [3.8, 4) is 11.5 Å². The second-order valence-electron chi connectivity index (χ2n) is 8.80. The normalized spacial score (nSPS) is 10.7. The highest BCUT2D eigenvalue weighted by atomic mass is 32.1. The van der Waals surface area contributed by atoms with Crippen LogP contribution in [-0.2, 0) is 0 Å². The number of hydrogen-bond acceptors (Lipinski definition) is 7. The van der Waals surface area contributed by atoms with E-state index in [9.17, 15) is 9.59 Å². The van der Waals surface area contributed by atoms with Gasteiger partial charge in [0.05, 0.1) is 25.0 Å². The predicted molar refractivity (Wildman–Crippen MR) is 162 cm³/mol. The molecule has 0 unspecified atom stereocenters. The average molecular weight is 553 g/mol. The summed E-state index contributed by atoms with van der Waals surface area (Å²) in [4.78, 5) is 27.3. The third kappa shape index (κ3) is 5.69. The molecule has 0 radical (unpaired) electrons. The Labute approximate surface area is 235 Å². The molecule has 0 fully saturated rings. The van der Waals surface area contributed by atoms with Crippen molar-refractivity contribution >= 4 is 61.7 Å². The highest BCUT2D eigenvalue weighted by molar-refractivity contribution is 7.19. The van der Waals surface area contributed by atoms with Crippen LogP contribution in [0.15, 0.2) is 91.0 Å². The van der Waals surface area contributed by atoms with Gasteiger partial charge in [0.1, 0.15) is 21.4 Å². The lowest BCUT2D eigenvalue weighted by Gasteiger charge is -2.11. The minimum atomic E-state index is -0.459. The molecule has 8 nitrogen and oxygen atoms in total. The van der Waals surface area contributed by atoms with Crippen molar-refractivity contribution in [2.75, 3.05) is 35.4 Å². The van der Waals surface area contributed by atoms with Gasteiger partial charge in [0.15, 0.2) is 0 Å². The Balaban J connectivity index is 1.49. The molecule has 0 aliphatic carbocycles. The number of nitrogen functional groups attached to an aromatic ring is 1. The molecule has 0 aliphatic heterocycles. The Morgan fingerprint density at radius 2 is 1.57 bits per heavy atom. The number of anilines is 5. The molecule has 1 heterocycles. The average Bonchev–Trinajstić information content (AvgIpc) is 3.30. The number of rotatable bonds is 9. The van der Waals surface area contributed by atoms with Gasteiger partial charge in [-0.3, -0.25) is 9.59 Å². The fourth-order valence-electron chi connectivity index (χ4n) is 4.27. The van der Waals surface area contributed by atoms with Gasteiger partial charge in [-0.1, -0.05) is 42.5 Å². The maximum atomic E-state index is 13.5. The molecular formula is C31H28N4O4S. The summed E-state index contributed by atoms with van der Waals surface area (Å²) in [5.41, 5.74) is 8.65. The second-order valence-corrected chi connectivity index (χ2v) is 9.82. The Morgan fingerprint density at radius 3 is 2.35 bits per heavy atom. The summed E-state index contributed by atoms with van der Waals surface area (Å²) in [7, 11) is 1.55. The Kier molecular flexibility index (Phi) is 7.84. The third-order valence-corrected chi connectivity index (χ3v) is 7.29. The first kappa shape index (κ1) is 26.6. The fraction of sp³-hybridized carbons (Fsp3) is 0.0968. The van der Waals surface area contributed by atoms with Gasteiger partial charge in [-0.05, 0) is 54.8 Å². The molecule has 0 aliphatic rings. The molecule has 5 rings (SSSR count). The van der Waals surface area contributed by atoms with Crippen molar-refractivity contribution in [3.63, 3.8) is 0 Å². The maximum Gasteiger partial charge on any atom is 0.267 e. The number of methoxy groups -OCH3 is 1. The summed E-state index contributed by atoms with van der Waals surface area (Å²) < 4.78 is 10.8.